The number of carbonyl (C=O) groups excluding carboxylic acids is 1. The third-order valence-electron chi connectivity index (χ3n) is 5.82. The number of nitrogens with zero attached hydrogens (tertiary/aromatic N) is 1. The van der Waals surface area contributed by atoms with Crippen LogP contribution in [0.1, 0.15) is 53.9 Å². The van der Waals surface area contributed by atoms with Gasteiger partial charge in [-0.25, -0.2) is 0 Å². The van der Waals surface area contributed by atoms with E-state index in [9.17, 15) is 4.79 Å². The first-order chi connectivity index (χ1) is 8.25. The molecule has 2 fully saturated rings. The molecule has 1 aliphatic heterocycles. The molecule has 2 N–H and O–H groups in total. The van der Waals surface area contributed by atoms with Gasteiger partial charge < -0.3 is 10.6 Å². The van der Waals surface area contributed by atoms with Crippen LogP contribution in [0.25, 0.3) is 0 Å². The van der Waals surface area contributed by atoms with Gasteiger partial charge in [-0.1, -0.05) is 27.7 Å². The van der Waals surface area contributed by atoms with Crippen molar-refractivity contribution in [2.45, 2.75) is 66.0 Å². The van der Waals surface area contributed by atoms with Crippen molar-refractivity contribution >= 4 is 5.91 Å². The number of likely N-dealkylation sites (tertiary alicyclic amines) is 1. The summed E-state index contributed by atoms with van der Waals surface area (Å²) in [6.45, 7) is 11.6. The highest BCUT2D eigenvalue weighted by Gasteiger charge is 2.69. The third-order valence-corrected chi connectivity index (χ3v) is 5.82. The second-order valence-corrected chi connectivity index (χ2v) is 7.29. The minimum atomic E-state index is 0.125. The molecule has 2 rings (SSSR count). The molecule has 0 bridgehead atoms. The van der Waals surface area contributed by atoms with E-state index < -0.39 is 0 Å². The van der Waals surface area contributed by atoms with Crippen molar-refractivity contribution in [2.75, 3.05) is 6.54 Å². The molecule has 1 saturated heterocycles. The summed E-state index contributed by atoms with van der Waals surface area (Å²) in [5.74, 6) is 0.507. The van der Waals surface area contributed by atoms with E-state index in [1.807, 2.05) is 0 Å². The maximum atomic E-state index is 12.8. The molecule has 1 heterocycles. The van der Waals surface area contributed by atoms with Gasteiger partial charge in [-0.15, -0.1) is 0 Å². The predicted molar refractivity (Wildman–Crippen MR) is 74.1 cm³/mol. The van der Waals surface area contributed by atoms with Crippen LogP contribution in [-0.2, 0) is 4.79 Å². The number of piperidine rings is 1. The summed E-state index contributed by atoms with van der Waals surface area (Å²) in [5.41, 5.74) is 6.11. The average Bonchev–Trinajstić information content (AvgIpc) is 2.68. The molecule has 104 valence electrons. The lowest BCUT2D eigenvalue weighted by Crippen LogP contribution is -2.53. The standard InChI is InChI=1S/C15H28N2O/c1-10-7-6-8-11(9-16)17(10)13(18)12-14(2,3)15(12,4)5/h10-12H,6-9,16H2,1-5H3. The van der Waals surface area contributed by atoms with Gasteiger partial charge in [0.2, 0.25) is 5.91 Å². The Hall–Kier alpha value is -0.570. The van der Waals surface area contributed by atoms with Crippen molar-refractivity contribution < 1.29 is 4.79 Å². The van der Waals surface area contributed by atoms with Crippen LogP contribution in [0, 0.1) is 16.7 Å². The van der Waals surface area contributed by atoms with Crippen molar-refractivity contribution in [3.05, 3.63) is 0 Å². The van der Waals surface area contributed by atoms with E-state index in [1.54, 1.807) is 0 Å². The molecule has 2 unspecified atom stereocenters. The quantitative estimate of drug-likeness (QED) is 0.820. The van der Waals surface area contributed by atoms with Crippen LogP contribution in [0.3, 0.4) is 0 Å². The zero-order valence-electron chi connectivity index (χ0n) is 12.5. The Morgan fingerprint density at radius 3 is 2.22 bits per heavy atom. The number of amides is 1. The first-order valence-electron chi connectivity index (χ1n) is 7.27. The summed E-state index contributed by atoms with van der Waals surface area (Å²) in [7, 11) is 0. The molecule has 0 aromatic carbocycles. The Labute approximate surface area is 111 Å². The van der Waals surface area contributed by atoms with Gasteiger partial charge in [-0.05, 0) is 37.0 Å². The second kappa shape index (κ2) is 4.22. The highest BCUT2D eigenvalue weighted by molar-refractivity contribution is 5.85. The van der Waals surface area contributed by atoms with Crippen LogP contribution in [0.5, 0.6) is 0 Å². The lowest BCUT2D eigenvalue weighted by molar-refractivity contribution is -0.140. The highest BCUT2D eigenvalue weighted by Crippen LogP contribution is 2.69. The van der Waals surface area contributed by atoms with E-state index in [1.165, 1.54) is 6.42 Å². The maximum Gasteiger partial charge on any atom is 0.227 e. The fourth-order valence-electron chi connectivity index (χ4n) is 3.88. The predicted octanol–water partition coefficient (Wildman–Crippen LogP) is 2.40. The molecule has 0 radical (unpaired) electrons. The molecular weight excluding hydrogens is 224 g/mol. The minimum Gasteiger partial charge on any atom is -0.335 e. The number of carbonyl (C=O) groups is 1. The van der Waals surface area contributed by atoms with Gasteiger partial charge >= 0.3 is 0 Å². The maximum absolute atomic E-state index is 12.8. The van der Waals surface area contributed by atoms with Crippen LogP contribution in [0.4, 0.5) is 0 Å². The normalized spacial score (nSPS) is 34.4. The van der Waals surface area contributed by atoms with Crippen LogP contribution in [0.2, 0.25) is 0 Å². The molecule has 3 heteroatoms. The van der Waals surface area contributed by atoms with Crippen molar-refractivity contribution in [3.8, 4) is 0 Å². The lowest BCUT2D eigenvalue weighted by Gasteiger charge is -2.41. The topological polar surface area (TPSA) is 46.3 Å². The van der Waals surface area contributed by atoms with Gasteiger partial charge in [0.1, 0.15) is 0 Å². The summed E-state index contributed by atoms with van der Waals surface area (Å²) < 4.78 is 0. The van der Waals surface area contributed by atoms with Crippen molar-refractivity contribution in [3.63, 3.8) is 0 Å². The summed E-state index contributed by atoms with van der Waals surface area (Å²) in [4.78, 5) is 14.9. The van der Waals surface area contributed by atoms with Crippen LogP contribution in [-0.4, -0.2) is 29.4 Å². The first kappa shape index (κ1) is 13.9. The van der Waals surface area contributed by atoms with Gasteiger partial charge in [0.25, 0.3) is 0 Å². The Bertz CT molecular complexity index is 334. The van der Waals surface area contributed by atoms with Gasteiger partial charge in [-0.3, -0.25) is 4.79 Å². The van der Waals surface area contributed by atoms with E-state index in [4.69, 9.17) is 5.73 Å². The largest absolute Gasteiger partial charge is 0.335 e. The number of rotatable bonds is 2. The smallest absolute Gasteiger partial charge is 0.227 e. The minimum absolute atomic E-state index is 0.125. The van der Waals surface area contributed by atoms with E-state index in [0.29, 0.717) is 18.5 Å². The fraction of sp³-hybridized carbons (Fsp3) is 0.933. The van der Waals surface area contributed by atoms with Gasteiger partial charge in [-0.2, -0.15) is 0 Å². The number of nitrogens with two attached hydrogens (primary N) is 1. The molecule has 0 spiro atoms. The average molecular weight is 252 g/mol. The summed E-state index contributed by atoms with van der Waals surface area (Å²) in [5, 5.41) is 0. The Kier molecular flexibility index (Phi) is 3.25. The molecule has 2 aliphatic rings. The number of hydrogen-bond donors (Lipinski definition) is 1. The zero-order chi connectivity index (χ0) is 13.7. The molecule has 0 aromatic rings. The number of hydrogen-bond acceptors (Lipinski definition) is 2. The molecule has 0 aromatic heterocycles. The van der Waals surface area contributed by atoms with Crippen molar-refractivity contribution in [2.24, 2.45) is 22.5 Å². The third kappa shape index (κ3) is 1.78. The Morgan fingerprint density at radius 2 is 1.78 bits per heavy atom. The van der Waals surface area contributed by atoms with E-state index in [0.717, 1.165) is 12.8 Å². The zero-order valence-corrected chi connectivity index (χ0v) is 12.5. The van der Waals surface area contributed by atoms with Crippen molar-refractivity contribution in [1.82, 2.24) is 4.90 Å². The first-order valence-corrected chi connectivity index (χ1v) is 7.27. The molecule has 3 nitrogen and oxygen atoms in total. The lowest BCUT2D eigenvalue weighted by atomic mass is 9.95. The van der Waals surface area contributed by atoms with Gasteiger partial charge in [0, 0.05) is 24.5 Å². The van der Waals surface area contributed by atoms with E-state index in [2.05, 4.69) is 39.5 Å². The SMILES string of the molecule is CC1CCCC(CN)N1C(=O)C1C(C)(C)C1(C)C. The van der Waals surface area contributed by atoms with Crippen molar-refractivity contribution in [1.29, 1.82) is 0 Å². The molecule has 18 heavy (non-hydrogen) atoms. The molecular formula is C15H28N2O. The van der Waals surface area contributed by atoms with E-state index in [-0.39, 0.29) is 22.8 Å². The molecule has 1 aliphatic carbocycles. The summed E-state index contributed by atoms with van der Waals surface area (Å²) in [6.07, 6.45) is 3.39. The Morgan fingerprint density at radius 1 is 1.22 bits per heavy atom. The summed E-state index contributed by atoms with van der Waals surface area (Å²) in [6, 6.07) is 0.612. The summed E-state index contributed by atoms with van der Waals surface area (Å²) >= 11 is 0. The van der Waals surface area contributed by atoms with Crippen LogP contribution < -0.4 is 5.73 Å². The van der Waals surface area contributed by atoms with Crippen LogP contribution >= 0.6 is 0 Å². The monoisotopic (exact) mass is 252 g/mol. The fourth-order valence-corrected chi connectivity index (χ4v) is 3.88. The Balaban J connectivity index is 2.18. The van der Waals surface area contributed by atoms with Gasteiger partial charge in [0.05, 0.1) is 0 Å². The van der Waals surface area contributed by atoms with E-state index >= 15 is 0 Å². The van der Waals surface area contributed by atoms with Gasteiger partial charge in [0.15, 0.2) is 0 Å². The molecule has 1 amide bonds. The second-order valence-electron chi connectivity index (χ2n) is 7.29. The van der Waals surface area contributed by atoms with Crippen LogP contribution in [0.15, 0.2) is 0 Å². The molecule has 2 atom stereocenters. The highest BCUT2D eigenvalue weighted by atomic mass is 16.2. The molecule has 1 saturated carbocycles.